The van der Waals surface area contributed by atoms with Crippen molar-refractivity contribution < 1.29 is 22.7 Å². The summed E-state index contributed by atoms with van der Waals surface area (Å²) in [7, 11) is 1.36. The first-order valence-electron chi connectivity index (χ1n) is 8.82. The molecular weight excluding hydrogens is 349 g/mol. The number of esters is 1. The first kappa shape index (κ1) is 18.7. The van der Waals surface area contributed by atoms with Gasteiger partial charge in [0.1, 0.15) is 5.82 Å². The van der Waals surface area contributed by atoms with Crippen LogP contribution in [0.1, 0.15) is 38.3 Å². The summed E-state index contributed by atoms with van der Waals surface area (Å²) in [4.78, 5) is 23.2. The van der Waals surface area contributed by atoms with Gasteiger partial charge in [0.25, 0.3) is 0 Å². The summed E-state index contributed by atoms with van der Waals surface area (Å²) in [6, 6.07) is 1.17. The summed E-state index contributed by atoms with van der Waals surface area (Å²) < 4.78 is 44.5. The number of carbonyl (C=O) groups is 1. The highest BCUT2D eigenvalue weighted by molar-refractivity contribution is 5.69. The minimum Gasteiger partial charge on any atom is -0.469 e. The Hall–Kier alpha value is -2.06. The average Bonchev–Trinajstić information content (AvgIpc) is 2.60. The van der Waals surface area contributed by atoms with Gasteiger partial charge in [-0.3, -0.25) is 4.79 Å². The van der Waals surface area contributed by atoms with Gasteiger partial charge < -0.3 is 14.5 Å². The normalized spacial score (nSPS) is 21.5. The van der Waals surface area contributed by atoms with Gasteiger partial charge in [-0.25, -0.2) is 4.98 Å². The Morgan fingerprint density at radius 1 is 1.23 bits per heavy atom. The molecule has 2 fully saturated rings. The number of aromatic nitrogens is 2. The minimum absolute atomic E-state index is 0.144. The third kappa shape index (κ3) is 4.02. The Morgan fingerprint density at radius 3 is 2.42 bits per heavy atom. The third-order valence-corrected chi connectivity index (χ3v) is 5.19. The van der Waals surface area contributed by atoms with Crippen LogP contribution in [0.5, 0.6) is 0 Å². The van der Waals surface area contributed by atoms with Crippen molar-refractivity contribution in [3.63, 3.8) is 0 Å². The topological polar surface area (TPSA) is 58.6 Å². The van der Waals surface area contributed by atoms with E-state index in [2.05, 4.69) is 14.7 Å². The molecule has 0 saturated carbocycles. The van der Waals surface area contributed by atoms with Crippen LogP contribution >= 0.6 is 0 Å². The molecule has 0 bridgehead atoms. The Morgan fingerprint density at radius 2 is 1.92 bits per heavy atom. The number of carbonyl (C=O) groups excluding carboxylic acids is 1. The van der Waals surface area contributed by atoms with Crippen LogP contribution in [-0.4, -0.2) is 48.7 Å². The Bertz CT molecular complexity index is 660. The lowest BCUT2D eigenvalue weighted by atomic mass is 9.93. The lowest BCUT2D eigenvalue weighted by molar-refractivity contribution is -0.142. The molecule has 1 aromatic rings. The lowest BCUT2D eigenvalue weighted by Gasteiger charge is -2.39. The van der Waals surface area contributed by atoms with Crippen LogP contribution in [0.4, 0.5) is 24.9 Å². The van der Waals surface area contributed by atoms with E-state index in [0.717, 1.165) is 25.3 Å². The van der Waals surface area contributed by atoms with Crippen molar-refractivity contribution >= 4 is 17.7 Å². The van der Waals surface area contributed by atoms with E-state index >= 15 is 0 Å². The van der Waals surface area contributed by atoms with Gasteiger partial charge in [-0.05, 0) is 32.1 Å². The van der Waals surface area contributed by atoms with E-state index in [1.54, 1.807) is 4.90 Å². The van der Waals surface area contributed by atoms with Crippen LogP contribution in [0.15, 0.2) is 6.07 Å². The van der Waals surface area contributed by atoms with E-state index in [1.165, 1.54) is 7.11 Å². The Kier molecular flexibility index (Phi) is 5.24. The molecule has 6 nitrogen and oxygen atoms in total. The number of rotatable bonds is 4. The monoisotopic (exact) mass is 372 g/mol. The van der Waals surface area contributed by atoms with Crippen molar-refractivity contribution in [2.24, 2.45) is 5.92 Å². The average molecular weight is 372 g/mol. The highest BCUT2D eigenvalue weighted by Crippen LogP contribution is 2.34. The number of alkyl halides is 3. The van der Waals surface area contributed by atoms with Crippen molar-refractivity contribution in [3.05, 3.63) is 11.8 Å². The van der Waals surface area contributed by atoms with Crippen molar-refractivity contribution in [2.75, 3.05) is 36.5 Å². The standard InChI is InChI=1S/C17H23F3N4O2/c1-11-3-8-24(11)16-21-13(17(18,19)20)10-14(22-16)23-6-4-12(5-7-23)9-15(25)26-2/h10-12H,3-9H2,1-2H3/t11-/m0/s1. The second kappa shape index (κ2) is 7.28. The molecule has 1 aromatic heterocycles. The molecule has 26 heavy (non-hydrogen) atoms. The summed E-state index contributed by atoms with van der Waals surface area (Å²) in [5.74, 6) is 0.389. The summed E-state index contributed by atoms with van der Waals surface area (Å²) in [6.07, 6.45) is -1.80. The number of piperidine rings is 1. The maximum atomic E-state index is 13.3. The number of halogens is 3. The van der Waals surface area contributed by atoms with Gasteiger partial charge in [0.2, 0.25) is 5.95 Å². The van der Waals surface area contributed by atoms with Crippen LogP contribution in [-0.2, 0) is 15.7 Å². The van der Waals surface area contributed by atoms with E-state index in [-0.39, 0.29) is 23.9 Å². The van der Waals surface area contributed by atoms with E-state index in [4.69, 9.17) is 0 Å². The molecule has 3 rings (SSSR count). The Labute approximate surface area is 150 Å². The highest BCUT2D eigenvalue weighted by atomic mass is 19.4. The zero-order chi connectivity index (χ0) is 18.9. The molecule has 1 atom stereocenters. The number of ether oxygens (including phenoxy) is 1. The van der Waals surface area contributed by atoms with Gasteiger partial charge in [0.15, 0.2) is 5.69 Å². The van der Waals surface area contributed by atoms with Crippen molar-refractivity contribution in [2.45, 2.75) is 44.8 Å². The number of nitrogens with zero attached hydrogens (tertiary/aromatic N) is 4. The molecule has 9 heteroatoms. The highest BCUT2D eigenvalue weighted by Gasteiger charge is 2.36. The second-order valence-electron chi connectivity index (χ2n) is 6.95. The molecule has 0 radical (unpaired) electrons. The van der Waals surface area contributed by atoms with Crippen molar-refractivity contribution in [1.82, 2.24) is 9.97 Å². The third-order valence-electron chi connectivity index (χ3n) is 5.19. The number of hydrogen-bond acceptors (Lipinski definition) is 6. The molecular formula is C17H23F3N4O2. The van der Waals surface area contributed by atoms with Crippen molar-refractivity contribution in [1.29, 1.82) is 0 Å². The fourth-order valence-corrected chi connectivity index (χ4v) is 3.36. The van der Waals surface area contributed by atoms with Crippen LogP contribution in [0.25, 0.3) is 0 Å². The van der Waals surface area contributed by atoms with Gasteiger partial charge in [0.05, 0.1) is 7.11 Å². The first-order valence-corrected chi connectivity index (χ1v) is 8.82. The predicted octanol–water partition coefficient (Wildman–Crippen LogP) is 2.87. The zero-order valence-electron chi connectivity index (χ0n) is 14.9. The molecule has 0 N–H and O–H groups in total. The van der Waals surface area contributed by atoms with Crippen LogP contribution in [0.3, 0.4) is 0 Å². The van der Waals surface area contributed by atoms with Crippen LogP contribution < -0.4 is 9.80 Å². The molecule has 0 spiro atoms. The molecule has 0 amide bonds. The fraction of sp³-hybridized carbons (Fsp3) is 0.706. The van der Waals surface area contributed by atoms with E-state index in [0.29, 0.717) is 31.9 Å². The van der Waals surface area contributed by atoms with Crippen molar-refractivity contribution in [3.8, 4) is 0 Å². The van der Waals surface area contributed by atoms with Gasteiger partial charge in [-0.1, -0.05) is 0 Å². The molecule has 2 aliphatic rings. The first-order chi connectivity index (χ1) is 12.3. The molecule has 0 unspecified atom stereocenters. The smallest absolute Gasteiger partial charge is 0.433 e. The van der Waals surface area contributed by atoms with E-state index < -0.39 is 11.9 Å². The van der Waals surface area contributed by atoms with E-state index in [9.17, 15) is 18.0 Å². The van der Waals surface area contributed by atoms with Gasteiger partial charge in [0, 0.05) is 38.2 Å². The quantitative estimate of drug-likeness (QED) is 0.758. The number of methoxy groups -OCH3 is 1. The van der Waals surface area contributed by atoms with Gasteiger partial charge in [-0.15, -0.1) is 0 Å². The SMILES string of the molecule is COC(=O)CC1CCN(c2cc(C(F)(F)F)nc(N3CC[C@@H]3C)n2)CC1. The second-order valence-corrected chi connectivity index (χ2v) is 6.95. The maximum Gasteiger partial charge on any atom is 0.433 e. The number of anilines is 2. The predicted molar refractivity (Wildman–Crippen MR) is 90.0 cm³/mol. The molecule has 0 aliphatic carbocycles. The molecule has 2 aliphatic heterocycles. The molecule has 144 valence electrons. The van der Waals surface area contributed by atoms with Crippen LogP contribution in [0.2, 0.25) is 0 Å². The summed E-state index contributed by atoms with van der Waals surface area (Å²) in [6.45, 7) is 3.74. The summed E-state index contributed by atoms with van der Waals surface area (Å²) >= 11 is 0. The maximum absolute atomic E-state index is 13.3. The van der Waals surface area contributed by atoms with Gasteiger partial charge in [-0.2, -0.15) is 18.2 Å². The summed E-state index contributed by atoms with van der Waals surface area (Å²) in [5.41, 5.74) is -0.909. The zero-order valence-corrected chi connectivity index (χ0v) is 14.9. The number of hydrogen-bond donors (Lipinski definition) is 0. The molecule has 3 heterocycles. The largest absolute Gasteiger partial charge is 0.469 e. The fourth-order valence-electron chi connectivity index (χ4n) is 3.36. The minimum atomic E-state index is -4.51. The molecule has 0 aromatic carbocycles. The molecule has 2 saturated heterocycles. The van der Waals surface area contributed by atoms with Crippen LogP contribution in [0, 0.1) is 5.92 Å². The lowest BCUT2D eigenvalue weighted by Crippen LogP contribution is -2.47. The van der Waals surface area contributed by atoms with Gasteiger partial charge >= 0.3 is 12.1 Å². The summed E-state index contributed by atoms with van der Waals surface area (Å²) in [5, 5.41) is 0. The van der Waals surface area contributed by atoms with E-state index in [1.807, 2.05) is 11.8 Å². The Balaban J connectivity index is 1.77.